The summed E-state index contributed by atoms with van der Waals surface area (Å²) in [6.07, 6.45) is 0.526. The van der Waals surface area contributed by atoms with Crippen molar-refractivity contribution in [2.75, 3.05) is 28.4 Å². The van der Waals surface area contributed by atoms with Crippen LogP contribution in [0.5, 0.6) is 23.0 Å². The van der Waals surface area contributed by atoms with Crippen LogP contribution < -0.4 is 18.9 Å². The molecule has 0 saturated carbocycles. The first-order valence-corrected chi connectivity index (χ1v) is 9.28. The van der Waals surface area contributed by atoms with Gasteiger partial charge in [0.15, 0.2) is 17.6 Å². The van der Waals surface area contributed by atoms with Crippen LogP contribution in [-0.2, 0) is 4.84 Å². The maximum Gasteiger partial charge on any atom is 0.203 e. The maximum atomic E-state index is 5.67. The van der Waals surface area contributed by atoms with E-state index in [1.54, 1.807) is 28.4 Å². The SMILES string of the molecule is CC.COc1ccc(C2CC(c3cc(OC)c(OC)c(OC)c3)=NO2)cc1C. The molecule has 1 unspecified atom stereocenters. The second-order valence-corrected chi connectivity index (χ2v) is 5.98. The Kier molecular flexibility index (Phi) is 7.55. The standard InChI is InChI=1S/C20H23NO5.C2H6/c1-12-8-13(6-7-16(12)22-2)17-11-15(21-26-17)14-9-18(23-3)20(25-5)19(10-14)24-4;1-2/h6-10,17H,11H2,1-5H3;1-2H3. The predicted molar refractivity (Wildman–Crippen MR) is 110 cm³/mol. The molecular formula is C22H29NO5. The maximum absolute atomic E-state index is 5.67. The van der Waals surface area contributed by atoms with Gasteiger partial charge in [0.25, 0.3) is 0 Å². The zero-order valence-electron chi connectivity index (χ0n) is 17.7. The summed E-state index contributed by atoms with van der Waals surface area (Å²) < 4.78 is 21.5. The van der Waals surface area contributed by atoms with Crippen LogP contribution in [0.3, 0.4) is 0 Å². The molecule has 0 bridgehead atoms. The van der Waals surface area contributed by atoms with E-state index in [1.165, 1.54) is 0 Å². The summed E-state index contributed by atoms with van der Waals surface area (Å²) in [5.41, 5.74) is 3.85. The van der Waals surface area contributed by atoms with Gasteiger partial charge in [0.1, 0.15) is 5.75 Å². The third kappa shape index (κ3) is 4.32. The van der Waals surface area contributed by atoms with Crippen LogP contribution in [0.25, 0.3) is 0 Å². The smallest absolute Gasteiger partial charge is 0.203 e. The molecule has 1 aliphatic rings. The lowest BCUT2D eigenvalue weighted by Crippen LogP contribution is -2.04. The van der Waals surface area contributed by atoms with Crippen molar-refractivity contribution in [3.05, 3.63) is 47.0 Å². The molecule has 6 nitrogen and oxygen atoms in total. The summed E-state index contributed by atoms with van der Waals surface area (Å²) in [5, 5.41) is 4.28. The van der Waals surface area contributed by atoms with Crippen LogP contribution in [-0.4, -0.2) is 34.2 Å². The topological polar surface area (TPSA) is 58.5 Å². The van der Waals surface area contributed by atoms with E-state index in [-0.39, 0.29) is 6.10 Å². The first-order chi connectivity index (χ1) is 13.6. The number of hydrogen-bond donors (Lipinski definition) is 0. The van der Waals surface area contributed by atoms with Gasteiger partial charge in [0, 0.05) is 12.0 Å². The fourth-order valence-corrected chi connectivity index (χ4v) is 3.08. The summed E-state index contributed by atoms with van der Waals surface area (Å²) in [5.74, 6) is 2.60. The molecule has 0 fully saturated rings. The molecule has 0 radical (unpaired) electrons. The van der Waals surface area contributed by atoms with Crippen LogP contribution in [0.1, 0.15) is 43.1 Å². The molecular weight excluding hydrogens is 358 g/mol. The van der Waals surface area contributed by atoms with Gasteiger partial charge >= 0.3 is 0 Å². The molecule has 1 heterocycles. The number of methoxy groups -OCH3 is 4. The van der Waals surface area contributed by atoms with Gasteiger partial charge in [0.2, 0.25) is 5.75 Å². The average molecular weight is 387 g/mol. The highest BCUT2D eigenvalue weighted by Crippen LogP contribution is 2.40. The van der Waals surface area contributed by atoms with Crippen molar-refractivity contribution >= 4 is 5.71 Å². The molecule has 0 aliphatic carbocycles. The van der Waals surface area contributed by atoms with Crippen LogP contribution in [0.15, 0.2) is 35.5 Å². The Morgan fingerprint density at radius 1 is 0.857 bits per heavy atom. The Labute approximate surface area is 167 Å². The van der Waals surface area contributed by atoms with Gasteiger partial charge in [-0.05, 0) is 42.3 Å². The van der Waals surface area contributed by atoms with E-state index >= 15 is 0 Å². The van der Waals surface area contributed by atoms with Crippen molar-refractivity contribution in [2.45, 2.75) is 33.3 Å². The van der Waals surface area contributed by atoms with E-state index in [1.807, 2.05) is 45.0 Å². The molecule has 0 aromatic heterocycles. The quantitative estimate of drug-likeness (QED) is 0.704. The minimum Gasteiger partial charge on any atom is -0.496 e. The molecule has 152 valence electrons. The highest BCUT2D eigenvalue weighted by atomic mass is 16.6. The molecule has 1 aliphatic heterocycles. The zero-order chi connectivity index (χ0) is 20.7. The molecule has 0 spiro atoms. The fourth-order valence-electron chi connectivity index (χ4n) is 3.08. The minimum absolute atomic E-state index is 0.131. The molecule has 6 heteroatoms. The van der Waals surface area contributed by atoms with E-state index in [0.29, 0.717) is 23.7 Å². The summed E-state index contributed by atoms with van der Waals surface area (Å²) in [6.45, 7) is 6.01. The van der Waals surface area contributed by atoms with Gasteiger partial charge in [-0.3, -0.25) is 0 Å². The molecule has 3 rings (SSSR count). The van der Waals surface area contributed by atoms with Crippen molar-refractivity contribution in [2.24, 2.45) is 5.16 Å². The number of aryl methyl sites for hydroxylation is 1. The molecule has 0 amide bonds. The second kappa shape index (κ2) is 9.88. The highest BCUT2D eigenvalue weighted by molar-refractivity contribution is 6.02. The lowest BCUT2D eigenvalue weighted by Gasteiger charge is -2.14. The third-order valence-corrected chi connectivity index (χ3v) is 4.46. The Morgan fingerprint density at radius 2 is 1.46 bits per heavy atom. The lowest BCUT2D eigenvalue weighted by molar-refractivity contribution is 0.0856. The summed E-state index contributed by atoms with van der Waals surface area (Å²) in [4.78, 5) is 5.67. The Bertz CT molecular complexity index is 807. The average Bonchev–Trinajstić information content (AvgIpc) is 3.24. The Balaban J connectivity index is 0.00000136. The minimum atomic E-state index is -0.131. The highest BCUT2D eigenvalue weighted by Gasteiger charge is 2.26. The number of benzene rings is 2. The number of hydrogen-bond acceptors (Lipinski definition) is 6. The van der Waals surface area contributed by atoms with Gasteiger partial charge in [-0.25, -0.2) is 0 Å². The van der Waals surface area contributed by atoms with Gasteiger partial charge in [0.05, 0.1) is 34.2 Å². The summed E-state index contributed by atoms with van der Waals surface area (Å²) in [7, 11) is 6.44. The largest absolute Gasteiger partial charge is 0.496 e. The van der Waals surface area contributed by atoms with Crippen molar-refractivity contribution in [3.63, 3.8) is 0 Å². The number of nitrogens with zero attached hydrogens (tertiary/aromatic N) is 1. The monoisotopic (exact) mass is 387 g/mol. The summed E-state index contributed by atoms with van der Waals surface area (Å²) >= 11 is 0. The zero-order valence-corrected chi connectivity index (χ0v) is 17.7. The van der Waals surface area contributed by atoms with Crippen LogP contribution >= 0.6 is 0 Å². The number of rotatable bonds is 6. The molecule has 2 aromatic carbocycles. The first-order valence-electron chi connectivity index (χ1n) is 9.28. The molecule has 1 atom stereocenters. The van der Waals surface area contributed by atoms with Gasteiger partial charge in [-0.2, -0.15) is 0 Å². The number of ether oxygens (including phenoxy) is 4. The normalized spacial score (nSPS) is 15.0. The van der Waals surface area contributed by atoms with E-state index in [9.17, 15) is 0 Å². The predicted octanol–water partition coefficient (Wildman–Crippen LogP) is 4.92. The van der Waals surface area contributed by atoms with Crippen LogP contribution in [0.2, 0.25) is 0 Å². The van der Waals surface area contributed by atoms with Gasteiger partial charge < -0.3 is 23.8 Å². The van der Waals surface area contributed by atoms with E-state index in [0.717, 1.165) is 28.2 Å². The van der Waals surface area contributed by atoms with Crippen LogP contribution in [0.4, 0.5) is 0 Å². The van der Waals surface area contributed by atoms with Crippen molar-refractivity contribution < 1.29 is 23.8 Å². The fraction of sp³-hybridized carbons (Fsp3) is 0.409. The lowest BCUT2D eigenvalue weighted by atomic mass is 9.98. The molecule has 2 aromatic rings. The van der Waals surface area contributed by atoms with E-state index < -0.39 is 0 Å². The van der Waals surface area contributed by atoms with Crippen molar-refractivity contribution in [1.82, 2.24) is 0 Å². The Hall–Kier alpha value is -2.89. The third-order valence-electron chi connectivity index (χ3n) is 4.46. The molecule has 0 saturated heterocycles. The van der Waals surface area contributed by atoms with Crippen molar-refractivity contribution in [1.29, 1.82) is 0 Å². The van der Waals surface area contributed by atoms with Gasteiger partial charge in [-0.1, -0.05) is 25.1 Å². The Morgan fingerprint density at radius 3 is 1.96 bits per heavy atom. The van der Waals surface area contributed by atoms with Crippen molar-refractivity contribution in [3.8, 4) is 23.0 Å². The number of oxime groups is 1. The molecule has 0 N–H and O–H groups in total. The first kappa shape index (κ1) is 21.4. The van der Waals surface area contributed by atoms with E-state index in [4.69, 9.17) is 23.8 Å². The van der Waals surface area contributed by atoms with Gasteiger partial charge in [-0.15, -0.1) is 0 Å². The molecule has 28 heavy (non-hydrogen) atoms. The van der Waals surface area contributed by atoms with E-state index in [2.05, 4.69) is 11.2 Å². The van der Waals surface area contributed by atoms with Crippen LogP contribution in [0, 0.1) is 6.92 Å². The summed E-state index contributed by atoms with van der Waals surface area (Å²) in [6, 6.07) is 9.78. The second-order valence-electron chi connectivity index (χ2n) is 5.98.